The molecule has 0 aliphatic heterocycles. The first-order valence-electron chi connectivity index (χ1n) is 6.27. The van der Waals surface area contributed by atoms with E-state index in [2.05, 4.69) is 15.9 Å². The molecule has 21 heavy (non-hydrogen) atoms. The normalized spacial score (nSPS) is 10.3. The van der Waals surface area contributed by atoms with E-state index in [4.69, 9.17) is 9.47 Å². The van der Waals surface area contributed by atoms with E-state index < -0.39 is 5.82 Å². The molecule has 0 unspecified atom stereocenters. The minimum Gasteiger partial charge on any atom is -0.496 e. The second-order valence-corrected chi connectivity index (χ2v) is 5.41. The predicted molar refractivity (Wildman–Crippen MR) is 81.7 cm³/mol. The molecule has 3 nitrogen and oxygen atoms in total. The minimum absolute atomic E-state index is 0.0395. The topological polar surface area (TPSA) is 35.5 Å². The number of Topliss-reactive ketones (excluding diaryl/α,β-unsaturated/α-hetero) is 1. The summed E-state index contributed by atoms with van der Waals surface area (Å²) in [7, 11) is 1.50. The lowest BCUT2D eigenvalue weighted by molar-refractivity contribution is 0.0915. The van der Waals surface area contributed by atoms with Gasteiger partial charge in [0.05, 0.1) is 12.7 Å². The van der Waals surface area contributed by atoms with E-state index in [9.17, 15) is 9.18 Å². The maximum atomic E-state index is 13.6. The second kappa shape index (κ2) is 6.72. The van der Waals surface area contributed by atoms with Crippen LogP contribution < -0.4 is 9.47 Å². The highest BCUT2D eigenvalue weighted by Crippen LogP contribution is 2.23. The van der Waals surface area contributed by atoms with E-state index in [1.165, 1.54) is 19.2 Å². The van der Waals surface area contributed by atoms with E-state index >= 15 is 0 Å². The molecule has 0 amide bonds. The molecule has 2 aromatic rings. The molecule has 5 heteroatoms. The van der Waals surface area contributed by atoms with Crippen molar-refractivity contribution < 1.29 is 18.7 Å². The van der Waals surface area contributed by atoms with Crippen LogP contribution in [0.1, 0.15) is 15.9 Å². The first-order chi connectivity index (χ1) is 10.0. The maximum Gasteiger partial charge on any atom is 0.203 e. The highest BCUT2D eigenvalue weighted by molar-refractivity contribution is 9.10. The Labute approximate surface area is 130 Å². The third-order valence-corrected chi connectivity index (χ3v) is 3.40. The standard InChI is InChI=1S/C16H14BrFO3/c1-10-3-5-12(16(7-10)20-2)14(19)9-21-15-6-4-11(17)8-13(15)18/h3-8H,9H2,1-2H3. The summed E-state index contributed by atoms with van der Waals surface area (Å²) in [5.41, 5.74) is 1.41. The Morgan fingerprint density at radius 1 is 1.19 bits per heavy atom. The fraction of sp³-hybridized carbons (Fsp3) is 0.188. The summed E-state index contributed by atoms with van der Waals surface area (Å²) < 4.78 is 24.6. The lowest BCUT2D eigenvalue weighted by Gasteiger charge is -2.10. The molecule has 0 bridgehead atoms. The smallest absolute Gasteiger partial charge is 0.203 e. The Balaban J connectivity index is 2.11. The summed E-state index contributed by atoms with van der Waals surface area (Å²) in [4.78, 5) is 12.2. The molecule has 0 aliphatic carbocycles. The predicted octanol–water partition coefficient (Wildman–Crippen LogP) is 4.17. The van der Waals surface area contributed by atoms with Gasteiger partial charge in [0.15, 0.2) is 18.2 Å². The number of ketones is 1. The Hall–Kier alpha value is -1.88. The molecule has 0 aromatic heterocycles. The van der Waals surface area contributed by atoms with E-state index in [1.807, 2.05) is 13.0 Å². The van der Waals surface area contributed by atoms with Crippen LogP contribution in [0.25, 0.3) is 0 Å². The van der Waals surface area contributed by atoms with Crippen LogP contribution in [-0.2, 0) is 0 Å². The van der Waals surface area contributed by atoms with E-state index in [0.29, 0.717) is 15.8 Å². The minimum atomic E-state index is -0.520. The van der Waals surface area contributed by atoms with Crippen LogP contribution in [0.5, 0.6) is 11.5 Å². The number of carbonyl (C=O) groups excluding carboxylic acids is 1. The zero-order valence-corrected chi connectivity index (χ0v) is 13.2. The summed E-state index contributed by atoms with van der Waals surface area (Å²) >= 11 is 3.16. The molecule has 110 valence electrons. The molecule has 2 aromatic carbocycles. The molecule has 0 saturated carbocycles. The van der Waals surface area contributed by atoms with Gasteiger partial charge in [0.2, 0.25) is 5.78 Å². The number of hydrogen-bond acceptors (Lipinski definition) is 3. The zero-order valence-electron chi connectivity index (χ0n) is 11.7. The first kappa shape index (κ1) is 15.5. The molecule has 0 spiro atoms. The van der Waals surface area contributed by atoms with Gasteiger partial charge in [0.1, 0.15) is 5.75 Å². The third kappa shape index (κ3) is 3.82. The molecule has 0 heterocycles. The number of halogens is 2. The fourth-order valence-corrected chi connectivity index (χ4v) is 2.18. The highest BCUT2D eigenvalue weighted by Gasteiger charge is 2.14. The van der Waals surface area contributed by atoms with Gasteiger partial charge < -0.3 is 9.47 Å². The highest BCUT2D eigenvalue weighted by atomic mass is 79.9. The SMILES string of the molecule is COc1cc(C)ccc1C(=O)COc1ccc(Br)cc1F. The molecule has 0 atom stereocenters. The van der Waals surface area contributed by atoms with Gasteiger partial charge in [-0.05, 0) is 42.8 Å². The van der Waals surface area contributed by atoms with Crippen molar-refractivity contribution in [2.75, 3.05) is 13.7 Å². The number of rotatable bonds is 5. The summed E-state index contributed by atoms with van der Waals surface area (Å²) in [6, 6.07) is 9.67. The number of hydrogen-bond donors (Lipinski definition) is 0. The van der Waals surface area contributed by atoms with Crippen LogP contribution >= 0.6 is 15.9 Å². The van der Waals surface area contributed by atoms with Crippen molar-refractivity contribution in [2.45, 2.75) is 6.92 Å². The molecular formula is C16H14BrFO3. The Kier molecular flexibility index (Phi) is 4.96. The van der Waals surface area contributed by atoms with Crippen molar-refractivity contribution >= 4 is 21.7 Å². The Morgan fingerprint density at radius 3 is 2.62 bits per heavy atom. The van der Waals surface area contributed by atoms with Gasteiger partial charge in [-0.2, -0.15) is 0 Å². The molecular weight excluding hydrogens is 339 g/mol. The maximum absolute atomic E-state index is 13.6. The van der Waals surface area contributed by atoms with Gasteiger partial charge in [-0.15, -0.1) is 0 Å². The average Bonchev–Trinajstić information content (AvgIpc) is 2.45. The number of benzene rings is 2. The van der Waals surface area contributed by atoms with E-state index in [1.54, 1.807) is 18.2 Å². The molecule has 0 aliphatic rings. The number of ether oxygens (including phenoxy) is 2. The molecule has 0 fully saturated rings. The Morgan fingerprint density at radius 2 is 1.95 bits per heavy atom. The van der Waals surface area contributed by atoms with Gasteiger partial charge in [-0.3, -0.25) is 4.79 Å². The summed E-state index contributed by atoms with van der Waals surface area (Å²) in [6.45, 7) is 1.66. The number of aryl methyl sites for hydroxylation is 1. The van der Waals surface area contributed by atoms with Crippen LogP contribution in [0.4, 0.5) is 4.39 Å². The van der Waals surface area contributed by atoms with Gasteiger partial charge in [-0.1, -0.05) is 22.0 Å². The molecule has 2 rings (SSSR count). The molecule has 0 radical (unpaired) electrons. The average molecular weight is 353 g/mol. The summed E-state index contributed by atoms with van der Waals surface area (Å²) in [5, 5.41) is 0. The third-order valence-electron chi connectivity index (χ3n) is 2.91. The van der Waals surface area contributed by atoms with Gasteiger partial charge in [0, 0.05) is 4.47 Å². The van der Waals surface area contributed by atoms with Crippen molar-refractivity contribution in [3.63, 3.8) is 0 Å². The van der Waals surface area contributed by atoms with Crippen molar-refractivity contribution in [3.05, 3.63) is 57.8 Å². The largest absolute Gasteiger partial charge is 0.496 e. The summed E-state index contributed by atoms with van der Waals surface area (Å²) in [5.74, 6) is -0.264. The van der Waals surface area contributed by atoms with Crippen molar-refractivity contribution in [1.29, 1.82) is 0 Å². The lowest BCUT2D eigenvalue weighted by atomic mass is 10.1. The second-order valence-electron chi connectivity index (χ2n) is 4.49. The fourth-order valence-electron chi connectivity index (χ4n) is 1.84. The molecule has 0 N–H and O–H groups in total. The number of methoxy groups -OCH3 is 1. The van der Waals surface area contributed by atoms with Gasteiger partial charge >= 0.3 is 0 Å². The van der Waals surface area contributed by atoms with Crippen LogP contribution in [-0.4, -0.2) is 19.5 Å². The first-order valence-corrected chi connectivity index (χ1v) is 7.06. The Bertz CT molecular complexity index is 671. The van der Waals surface area contributed by atoms with Crippen LogP contribution in [0.3, 0.4) is 0 Å². The van der Waals surface area contributed by atoms with Crippen molar-refractivity contribution in [2.24, 2.45) is 0 Å². The zero-order chi connectivity index (χ0) is 15.4. The van der Waals surface area contributed by atoms with E-state index in [-0.39, 0.29) is 18.1 Å². The van der Waals surface area contributed by atoms with Crippen LogP contribution in [0.15, 0.2) is 40.9 Å². The van der Waals surface area contributed by atoms with E-state index in [0.717, 1.165) is 5.56 Å². The number of carbonyl (C=O) groups is 1. The van der Waals surface area contributed by atoms with Crippen LogP contribution in [0, 0.1) is 12.7 Å². The monoisotopic (exact) mass is 352 g/mol. The van der Waals surface area contributed by atoms with Gasteiger partial charge in [-0.25, -0.2) is 4.39 Å². The quantitative estimate of drug-likeness (QED) is 0.757. The summed E-state index contributed by atoms with van der Waals surface area (Å²) in [6.07, 6.45) is 0. The molecule has 0 saturated heterocycles. The lowest BCUT2D eigenvalue weighted by Crippen LogP contribution is -2.13. The van der Waals surface area contributed by atoms with Crippen LogP contribution in [0.2, 0.25) is 0 Å². The van der Waals surface area contributed by atoms with Crippen molar-refractivity contribution in [3.8, 4) is 11.5 Å². The van der Waals surface area contributed by atoms with Crippen molar-refractivity contribution in [1.82, 2.24) is 0 Å². The van der Waals surface area contributed by atoms with Gasteiger partial charge in [0.25, 0.3) is 0 Å².